The molecule has 3 N–H and O–H groups in total. The lowest BCUT2D eigenvalue weighted by Crippen LogP contribution is -2.64. The molecule has 0 aromatic heterocycles. The van der Waals surface area contributed by atoms with Gasteiger partial charge in [-0.3, -0.25) is 9.59 Å². The number of aliphatic hydroxyl groups is 1. The molecule has 136 valence electrons. The van der Waals surface area contributed by atoms with Gasteiger partial charge in [-0.2, -0.15) is 0 Å². The summed E-state index contributed by atoms with van der Waals surface area (Å²) in [5.74, 6) is -1.82. The highest BCUT2D eigenvalue weighted by molar-refractivity contribution is 6.30. The number of rotatable bonds is 5. The summed E-state index contributed by atoms with van der Waals surface area (Å²) in [6.45, 7) is -0.303. The molecule has 0 spiro atoms. The molecule has 4 rings (SSSR count). The third-order valence-corrected chi connectivity index (χ3v) is 5.72. The molecule has 2 bridgehead atoms. The Balaban J connectivity index is 1.58. The van der Waals surface area contributed by atoms with Crippen LogP contribution in [0.5, 0.6) is 5.75 Å². The fourth-order valence-electron chi connectivity index (χ4n) is 3.86. The summed E-state index contributed by atoms with van der Waals surface area (Å²) in [5.41, 5.74) is -1.70. The molecular formula is C17H19ClFNO5. The summed E-state index contributed by atoms with van der Waals surface area (Å²) in [6, 6.07) is 3.90. The van der Waals surface area contributed by atoms with Crippen LogP contribution in [-0.2, 0) is 9.59 Å². The number of amides is 1. The molecule has 3 fully saturated rings. The van der Waals surface area contributed by atoms with Crippen LogP contribution in [0.25, 0.3) is 0 Å². The van der Waals surface area contributed by atoms with Crippen molar-refractivity contribution in [2.24, 2.45) is 5.41 Å². The van der Waals surface area contributed by atoms with E-state index in [1.807, 2.05) is 0 Å². The van der Waals surface area contributed by atoms with E-state index in [0.717, 1.165) is 6.07 Å². The van der Waals surface area contributed by atoms with Crippen LogP contribution < -0.4 is 10.1 Å². The van der Waals surface area contributed by atoms with Gasteiger partial charge in [-0.05, 0) is 44.2 Å². The van der Waals surface area contributed by atoms with E-state index in [4.69, 9.17) is 16.3 Å². The molecule has 3 saturated carbocycles. The number of carbonyl (C=O) groups excluding carboxylic acids is 1. The highest BCUT2D eigenvalue weighted by Crippen LogP contribution is 2.52. The maximum absolute atomic E-state index is 13.4. The lowest BCUT2D eigenvalue weighted by Gasteiger charge is -2.54. The largest absolute Gasteiger partial charge is 0.484 e. The van der Waals surface area contributed by atoms with Crippen molar-refractivity contribution in [1.82, 2.24) is 5.32 Å². The lowest BCUT2D eigenvalue weighted by molar-refractivity contribution is -0.173. The summed E-state index contributed by atoms with van der Waals surface area (Å²) in [4.78, 5) is 23.7. The van der Waals surface area contributed by atoms with Gasteiger partial charge < -0.3 is 20.3 Å². The van der Waals surface area contributed by atoms with Crippen molar-refractivity contribution < 1.29 is 28.9 Å². The number of hydrogen-bond acceptors (Lipinski definition) is 4. The number of halogens is 2. The number of nitrogens with one attached hydrogen (secondary N) is 1. The Morgan fingerprint density at radius 3 is 2.56 bits per heavy atom. The molecule has 0 radical (unpaired) electrons. The molecule has 3 aliphatic rings. The average molecular weight is 372 g/mol. The number of carboxylic acids is 1. The monoisotopic (exact) mass is 371 g/mol. The zero-order chi connectivity index (χ0) is 18.2. The Labute approximate surface area is 148 Å². The summed E-state index contributed by atoms with van der Waals surface area (Å²) in [5, 5.41) is 22.5. The topological polar surface area (TPSA) is 95.9 Å². The highest BCUT2D eigenvalue weighted by Gasteiger charge is 2.58. The van der Waals surface area contributed by atoms with E-state index in [-0.39, 0.29) is 23.8 Å². The van der Waals surface area contributed by atoms with E-state index in [0.29, 0.717) is 25.7 Å². The van der Waals surface area contributed by atoms with Crippen LogP contribution >= 0.6 is 11.6 Å². The number of hydrogen-bond donors (Lipinski definition) is 3. The molecular weight excluding hydrogens is 353 g/mol. The van der Waals surface area contributed by atoms with Gasteiger partial charge >= 0.3 is 5.97 Å². The molecule has 1 atom stereocenters. The van der Waals surface area contributed by atoms with Crippen LogP contribution in [0.3, 0.4) is 0 Å². The minimum Gasteiger partial charge on any atom is -0.484 e. The van der Waals surface area contributed by atoms with Crippen LogP contribution in [0, 0.1) is 11.2 Å². The van der Waals surface area contributed by atoms with Crippen LogP contribution in [0.15, 0.2) is 18.2 Å². The second-order valence-corrected chi connectivity index (χ2v) is 7.28. The molecule has 1 unspecified atom stereocenters. The number of carbonyl (C=O) groups is 2. The normalized spacial score (nSPS) is 30.8. The lowest BCUT2D eigenvalue weighted by atomic mass is 9.55. The molecule has 8 heteroatoms. The third-order valence-electron chi connectivity index (χ3n) is 5.41. The number of benzene rings is 1. The molecule has 0 aliphatic heterocycles. The molecule has 3 aliphatic carbocycles. The summed E-state index contributed by atoms with van der Waals surface area (Å²) in [7, 11) is 0. The first kappa shape index (κ1) is 17.9. The number of aliphatic carboxylic acids is 1. The maximum Gasteiger partial charge on any atom is 0.312 e. The van der Waals surface area contributed by atoms with Crippen molar-refractivity contribution in [2.45, 2.75) is 43.7 Å². The molecule has 1 aromatic rings. The second-order valence-electron chi connectivity index (χ2n) is 6.87. The minimum absolute atomic E-state index is 0.0315. The van der Waals surface area contributed by atoms with E-state index >= 15 is 0 Å². The van der Waals surface area contributed by atoms with Crippen molar-refractivity contribution in [3.8, 4) is 5.75 Å². The average Bonchev–Trinajstić information content (AvgIpc) is 2.56. The third kappa shape index (κ3) is 3.30. The molecule has 0 saturated heterocycles. The van der Waals surface area contributed by atoms with Gasteiger partial charge in [0.15, 0.2) is 6.61 Å². The van der Waals surface area contributed by atoms with Gasteiger partial charge in [0.25, 0.3) is 5.91 Å². The molecule has 0 heterocycles. The van der Waals surface area contributed by atoms with E-state index in [1.54, 1.807) is 0 Å². The Morgan fingerprint density at radius 1 is 1.32 bits per heavy atom. The number of fused-ring (bicyclic) bond motifs is 3. The van der Waals surface area contributed by atoms with Crippen LogP contribution in [-0.4, -0.2) is 40.3 Å². The van der Waals surface area contributed by atoms with Crippen LogP contribution in [0.4, 0.5) is 4.39 Å². The summed E-state index contributed by atoms with van der Waals surface area (Å²) >= 11 is 5.59. The van der Waals surface area contributed by atoms with E-state index in [1.165, 1.54) is 12.1 Å². The predicted molar refractivity (Wildman–Crippen MR) is 86.9 cm³/mol. The van der Waals surface area contributed by atoms with Crippen LogP contribution in [0.1, 0.15) is 32.1 Å². The van der Waals surface area contributed by atoms with Crippen molar-refractivity contribution in [3.05, 3.63) is 29.0 Å². The van der Waals surface area contributed by atoms with Gasteiger partial charge in [0.1, 0.15) is 11.6 Å². The van der Waals surface area contributed by atoms with Gasteiger partial charge in [-0.25, -0.2) is 4.39 Å². The Hall–Kier alpha value is -1.86. The number of aliphatic hydroxyl groups excluding tert-OH is 1. The zero-order valence-corrected chi connectivity index (χ0v) is 14.2. The molecule has 6 nitrogen and oxygen atoms in total. The van der Waals surface area contributed by atoms with Crippen molar-refractivity contribution in [3.63, 3.8) is 0 Å². The standard InChI is InChI=1S/C17H19ClFNO5/c18-11-2-1-10(7-12(11)19)25-9-14(22)20-16-3-5-17(6-4-16,15(23)24)13(21)8-16/h1-2,7,13,21H,3-6,8-9H2,(H,20,22)(H,23,24). The first-order valence-electron chi connectivity index (χ1n) is 8.07. The van der Waals surface area contributed by atoms with Gasteiger partial charge in [-0.15, -0.1) is 0 Å². The SMILES string of the molecule is O=C(COc1ccc(Cl)c(F)c1)NC12CCC(C(=O)O)(CC1)C(O)C2. The number of carboxylic acid groups (broad SMARTS) is 1. The summed E-state index contributed by atoms with van der Waals surface area (Å²) in [6.07, 6.45) is 0.870. The number of ether oxygens (including phenoxy) is 1. The van der Waals surface area contributed by atoms with Crippen molar-refractivity contribution in [2.75, 3.05) is 6.61 Å². The first-order chi connectivity index (χ1) is 11.8. The first-order valence-corrected chi connectivity index (χ1v) is 8.45. The Kier molecular flexibility index (Phi) is 4.64. The minimum atomic E-state index is -1.09. The molecule has 1 amide bonds. The molecule has 1 aromatic carbocycles. The van der Waals surface area contributed by atoms with Crippen LogP contribution in [0.2, 0.25) is 5.02 Å². The van der Waals surface area contributed by atoms with Gasteiger partial charge in [0.05, 0.1) is 16.5 Å². The van der Waals surface area contributed by atoms with Gasteiger partial charge in [0.2, 0.25) is 0 Å². The fraction of sp³-hybridized carbons (Fsp3) is 0.529. The predicted octanol–water partition coefficient (Wildman–Crippen LogP) is 2.12. The molecule has 25 heavy (non-hydrogen) atoms. The fourth-order valence-corrected chi connectivity index (χ4v) is 3.97. The van der Waals surface area contributed by atoms with Gasteiger partial charge in [0, 0.05) is 11.6 Å². The van der Waals surface area contributed by atoms with E-state index in [2.05, 4.69) is 5.32 Å². The van der Waals surface area contributed by atoms with E-state index in [9.17, 15) is 24.2 Å². The second kappa shape index (κ2) is 6.46. The zero-order valence-electron chi connectivity index (χ0n) is 13.4. The van der Waals surface area contributed by atoms with Crippen molar-refractivity contribution in [1.29, 1.82) is 0 Å². The Bertz CT molecular complexity index is 702. The van der Waals surface area contributed by atoms with E-state index < -0.39 is 34.8 Å². The van der Waals surface area contributed by atoms with Gasteiger partial charge in [-0.1, -0.05) is 11.6 Å². The summed E-state index contributed by atoms with van der Waals surface area (Å²) < 4.78 is 18.6. The Morgan fingerprint density at radius 2 is 2.00 bits per heavy atom. The van der Waals surface area contributed by atoms with Crippen molar-refractivity contribution >= 4 is 23.5 Å². The quantitative estimate of drug-likeness (QED) is 0.736. The maximum atomic E-state index is 13.4. The highest BCUT2D eigenvalue weighted by atomic mass is 35.5. The smallest absolute Gasteiger partial charge is 0.312 e.